The van der Waals surface area contributed by atoms with E-state index in [4.69, 9.17) is 10.5 Å². The van der Waals surface area contributed by atoms with Gasteiger partial charge in [-0.05, 0) is 60.5 Å². The number of rotatable bonds is 9. The lowest BCUT2D eigenvalue weighted by atomic mass is 9.99. The van der Waals surface area contributed by atoms with Gasteiger partial charge in [0.1, 0.15) is 24.2 Å². The molecule has 0 saturated heterocycles. The lowest BCUT2D eigenvalue weighted by Gasteiger charge is -2.34. The number of carbonyl (C=O) groups is 4. The zero-order chi connectivity index (χ0) is 27.0. The maximum atomic E-state index is 13.7. The third-order valence-electron chi connectivity index (χ3n) is 4.64. The predicted octanol–water partition coefficient (Wildman–Crippen LogP) is 2.46. The monoisotopic (exact) mass is 487 g/mol. The summed E-state index contributed by atoms with van der Waals surface area (Å²) in [4.78, 5) is 52.0. The van der Waals surface area contributed by atoms with Gasteiger partial charge in [0.2, 0.25) is 17.7 Å². The molecule has 0 radical (unpaired) electrons. The molecule has 4 amide bonds. The van der Waals surface area contributed by atoms with Crippen LogP contribution in [0.4, 0.5) is 4.79 Å². The Morgan fingerprint density at radius 3 is 2.11 bits per heavy atom. The fourth-order valence-electron chi connectivity index (χ4n) is 3.23. The number of benzene rings is 1. The normalized spacial score (nSPS) is 13.1. The molecule has 2 atom stereocenters. The summed E-state index contributed by atoms with van der Waals surface area (Å²) >= 11 is 0. The van der Waals surface area contributed by atoms with Gasteiger partial charge in [-0.1, -0.05) is 29.8 Å². The van der Waals surface area contributed by atoms with Crippen LogP contribution in [0.15, 0.2) is 24.3 Å². The van der Waals surface area contributed by atoms with Crippen LogP contribution in [0, 0.1) is 18.3 Å². The predicted molar refractivity (Wildman–Crippen MR) is 131 cm³/mol. The third-order valence-corrected chi connectivity index (χ3v) is 4.64. The van der Waals surface area contributed by atoms with E-state index in [1.165, 1.54) is 0 Å². The second kappa shape index (κ2) is 12.2. The van der Waals surface area contributed by atoms with Crippen molar-refractivity contribution < 1.29 is 23.9 Å². The molecule has 0 bridgehead atoms. The number of nitriles is 1. The van der Waals surface area contributed by atoms with Gasteiger partial charge in [-0.2, -0.15) is 5.26 Å². The van der Waals surface area contributed by atoms with Crippen LogP contribution in [0.3, 0.4) is 0 Å². The van der Waals surface area contributed by atoms with Crippen LogP contribution in [-0.2, 0) is 19.1 Å². The van der Waals surface area contributed by atoms with E-state index in [2.05, 4.69) is 10.6 Å². The maximum Gasteiger partial charge on any atom is 0.408 e. The van der Waals surface area contributed by atoms with Crippen molar-refractivity contribution in [3.63, 3.8) is 0 Å². The highest BCUT2D eigenvalue weighted by Crippen LogP contribution is 2.24. The number of amides is 4. The average Bonchev–Trinajstić information content (AvgIpc) is 2.68. The lowest BCUT2D eigenvalue weighted by molar-refractivity contribution is -0.142. The van der Waals surface area contributed by atoms with E-state index in [1.54, 1.807) is 65.8 Å². The number of nitrogens with one attached hydrogen (secondary N) is 2. The molecule has 192 valence electrons. The van der Waals surface area contributed by atoms with E-state index in [0.29, 0.717) is 5.56 Å². The Balaban J connectivity index is 3.46. The second-order valence-corrected chi connectivity index (χ2v) is 10.4. The molecule has 0 aromatic heterocycles. The number of hydrogen-bond acceptors (Lipinski definition) is 6. The van der Waals surface area contributed by atoms with Crippen molar-refractivity contribution in [3.8, 4) is 6.07 Å². The second-order valence-electron chi connectivity index (χ2n) is 10.4. The van der Waals surface area contributed by atoms with Gasteiger partial charge in [-0.25, -0.2) is 4.79 Å². The summed E-state index contributed by atoms with van der Waals surface area (Å²) in [5.41, 5.74) is 5.27. The zero-order valence-electron chi connectivity index (χ0n) is 21.6. The molecular formula is C25H37N5O5. The number of alkyl carbamates (subject to hydrolysis) is 1. The molecular weight excluding hydrogens is 450 g/mol. The fraction of sp³-hybridized carbons (Fsp3) is 0.560. The molecule has 0 heterocycles. The first-order valence-corrected chi connectivity index (χ1v) is 11.4. The zero-order valence-corrected chi connectivity index (χ0v) is 21.6. The number of carbonyl (C=O) groups excluding carboxylic acids is 4. The first kappa shape index (κ1) is 29.4. The van der Waals surface area contributed by atoms with Crippen molar-refractivity contribution in [2.24, 2.45) is 5.73 Å². The molecule has 35 heavy (non-hydrogen) atoms. The van der Waals surface area contributed by atoms with Gasteiger partial charge < -0.3 is 26.0 Å². The Bertz CT molecular complexity index is 954. The molecule has 0 spiro atoms. The topological polar surface area (TPSA) is 155 Å². The molecule has 0 fully saturated rings. The number of nitrogens with two attached hydrogens (primary N) is 1. The van der Waals surface area contributed by atoms with Gasteiger partial charge >= 0.3 is 6.09 Å². The van der Waals surface area contributed by atoms with Crippen LogP contribution in [0.1, 0.15) is 71.6 Å². The number of nitrogens with zero attached hydrogens (tertiary/aromatic N) is 2. The Kier molecular flexibility index (Phi) is 10.3. The molecule has 0 aliphatic heterocycles. The summed E-state index contributed by atoms with van der Waals surface area (Å²) in [6, 6.07) is 6.54. The molecule has 2 unspecified atom stereocenters. The SMILES string of the molecule is Cc1ccc(C(C(=O)NC(C)(C)C)N(CC#N)C(=O)C(CCC(N)=O)NC(=O)OC(C)(C)C)cc1. The molecule has 4 N–H and O–H groups in total. The highest BCUT2D eigenvalue weighted by Gasteiger charge is 2.37. The standard InChI is InChI=1S/C25H37N5O5/c1-16-8-10-17(11-9-16)20(21(32)29-24(2,3)4)30(15-14-26)22(33)18(12-13-19(27)31)28-23(34)35-25(5,6)7/h8-11,18,20H,12-13,15H2,1-7H3,(H2,27,31)(H,28,34)(H,29,32). The van der Waals surface area contributed by atoms with Crippen molar-refractivity contribution >= 4 is 23.8 Å². The minimum atomic E-state index is -1.25. The summed E-state index contributed by atoms with van der Waals surface area (Å²) in [5.74, 6) is -1.87. The van der Waals surface area contributed by atoms with Crippen LogP contribution in [0.25, 0.3) is 0 Å². The quantitative estimate of drug-likeness (QED) is 0.455. The number of hydrogen-bond donors (Lipinski definition) is 3. The molecule has 1 aromatic carbocycles. The van der Waals surface area contributed by atoms with Crippen molar-refractivity contribution in [3.05, 3.63) is 35.4 Å². The van der Waals surface area contributed by atoms with Gasteiger partial charge in [0, 0.05) is 12.0 Å². The first-order chi connectivity index (χ1) is 16.0. The highest BCUT2D eigenvalue weighted by atomic mass is 16.6. The summed E-state index contributed by atoms with van der Waals surface area (Å²) in [5, 5.41) is 14.8. The summed E-state index contributed by atoms with van der Waals surface area (Å²) in [6.45, 7) is 11.8. The highest BCUT2D eigenvalue weighted by molar-refractivity contribution is 5.92. The van der Waals surface area contributed by atoms with Crippen LogP contribution >= 0.6 is 0 Å². The van der Waals surface area contributed by atoms with Gasteiger partial charge in [0.05, 0.1) is 6.07 Å². The largest absolute Gasteiger partial charge is 0.444 e. The molecule has 0 saturated carbocycles. The summed E-state index contributed by atoms with van der Waals surface area (Å²) in [7, 11) is 0. The first-order valence-electron chi connectivity index (χ1n) is 11.4. The van der Waals surface area contributed by atoms with Gasteiger partial charge in [0.15, 0.2) is 0 Å². The minimum absolute atomic E-state index is 0.128. The molecule has 0 aliphatic carbocycles. The average molecular weight is 488 g/mol. The van der Waals surface area contributed by atoms with Crippen molar-refractivity contribution in [2.75, 3.05) is 6.54 Å². The van der Waals surface area contributed by atoms with Crippen molar-refractivity contribution in [1.82, 2.24) is 15.5 Å². The van der Waals surface area contributed by atoms with Crippen LogP contribution in [0.5, 0.6) is 0 Å². The van der Waals surface area contributed by atoms with Crippen molar-refractivity contribution in [1.29, 1.82) is 5.26 Å². The molecule has 0 aliphatic rings. The molecule has 10 heteroatoms. The lowest BCUT2D eigenvalue weighted by Crippen LogP contribution is -2.54. The Morgan fingerprint density at radius 2 is 1.66 bits per heavy atom. The smallest absolute Gasteiger partial charge is 0.408 e. The Hall–Kier alpha value is -3.61. The van der Waals surface area contributed by atoms with E-state index in [-0.39, 0.29) is 12.8 Å². The van der Waals surface area contributed by atoms with Crippen molar-refractivity contribution in [2.45, 2.75) is 84.5 Å². The fourth-order valence-corrected chi connectivity index (χ4v) is 3.23. The molecule has 1 rings (SSSR count). The van der Waals surface area contributed by atoms with Gasteiger partial charge in [-0.3, -0.25) is 14.4 Å². The maximum absolute atomic E-state index is 13.7. The van der Waals surface area contributed by atoms with Gasteiger partial charge in [-0.15, -0.1) is 0 Å². The third kappa shape index (κ3) is 10.5. The number of primary amides is 1. The molecule has 1 aromatic rings. The molecule has 10 nitrogen and oxygen atoms in total. The minimum Gasteiger partial charge on any atom is -0.444 e. The number of aryl methyl sites for hydroxylation is 1. The van der Waals surface area contributed by atoms with Gasteiger partial charge in [0.25, 0.3) is 0 Å². The van der Waals surface area contributed by atoms with E-state index < -0.39 is 53.6 Å². The summed E-state index contributed by atoms with van der Waals surface area (Å²) < 4.78 is 5.26. The van der Waals surface area contributed by atoms with E-state index in [9.17, 15) is 24.4 Å². The number of ether oxygens (including phenoxy) is 1. The Labute approximate surface area is 207 Å². The van der Waals surface area contributed by atoms with E-state index in [1.807, 2.05) is 13.0 Å². The van der Waals surface area contributed by atoms with E-state index in [0.717, 1.165) is 10.5 Å². The van der Waals surface area contributed by atoms with Crippen LogP contribution in [0.2, 0.25) is 0 Å². The summed E-state index contributed by atoms with van der Waals surface area (Å²) in [6.07, 6.45) is -1.20. The van der Waals surface area contributed by atoms with Crippen LogP contribution in [-0.4, -0.2) is 52.4 Å². The van der Waals surface area contributed by atoms with Crippen LogP contribution < -0.4 is 16.4 Å². The van der Waals surface area contributed by atoms with E-state index >= 15 is 0 Å². The Morgan fingerprint density at radius 1 is 1.09 bits per heavy atom.